The number of cyclic esters (lactones) is 1. The van der Waals surface area contributed by atoms with Gasteiger partial charge in [0.1, 0.15) is 11.9 Å². The average Bonchev–Trinajstić information content (AvgIpc) is 3.18. The highest BCUT2D eigenvalue weighted by atomic mass is 16.6. The zero-order valence-electron chi connectivity index (χ0n) is 21.8. The van der Waals surface area contributed by atoms with E-state index in [1.165, 1.54) is 0 Å². The van der Waals surface area contributed by atoms with Crippen molar-refractivity contribution in [2.75, 3.05) is 44.7 Å². The average molecular weight is 546 g/mol. The van der Waals surface area contributed by atoms with Crippen LogP contribution in [-0.4, -0.2) is 76.5 Å². The second kappa shape index (κ2) is 12.2. The molecule has 0 fully saturated rings. The van der Waals surface area contributed by atoms with Crippen molar-refractivity contribution in [1.82, 2.24) is 9.97 Å². The van der Waals surface area contributed by atoms with Gasteiger partial charge in [-0.3, -0.25) is 0 Å². The second-order valence-corrected chi connectivity index (χ2v) is 8.29. The van der Waals surface area contributed by atoms with E-state index in [0.29, 0.717) is 29.6 Å². The maximum atomic E-state index is 10.5. The van der Waals surface area contributed by atoms with Gasteiger partial charge in [-0.15, -0.1) is 0 Å². The zero-order valence-corrected chi connectivity index (χ0v) is 21.8. The van der Waals surface area contributed by atoms with E-state index in [1.54, 1.807) is 21.3 Å². The maximum Gasteiger partial charge on any atom is 0.377 e. The van der Waals surface area contributed by atoms with E-state index in [1.807, 2.05) is 31.2 Å². The number of hydrogen-bond donors (Lipinski definition) is 7. The van der Waals surface area contributed by atoms with Crippen molar-refractivity contribution in [3.63, 3.8) is 0 Å². The van der Waals surface area contributed by atoms with E-state index in [4.69, 9.17) is 46.1 Å². The molecule has 210 valence electrons. The molecule has 2 heterocycles. The third-order valence-corrected chi connectivity index (χ3v) is 5.91. The van der Waals surface area contributed by atoms with Crippen LogP contribution in [0, 0.1) is 6.92 Å². The number of fused-ring (bicyclic) bond motifs is 1. The molecule has 39 heavy (non-hydrogen) atoms. The third-order valence-electron chi connectivity index (χ3n) is 5.91. The summed E-state index contributed by atoms with van der Waals surface area (Å²) in [5.74, 6) is -0.508. The normalized spacial score (nSPS) is 15.3. The number of aryl methyl sites for hydroxylation is 1. The van der Waals surface area contributed by atoms with Crippen molar-refractivity contribution in [2.24, 2.45) is 0 Å². The number of ether oxygens (including phenoxy) is 4. The van der Waals surface area contributed by atoms with E-state index in [-0.39, 0.29) is 5.95 Å². The van der Waals surface area contributed by atoms with Crippen molar-refractivity contribution in [3.8, 4) is 17.2 Å². The highest BCUT2D eigenvalue weighted by molar-refractivity contribution is 5.92. The number of aliphatic hydroxyl groups is 4. The first kappa shape index (κ1) is 28.9. The monoisotopic (exact) mass is 545 g/mol. The number of methoxy groups -OCH3 is 3. The number of carbonyl (C=O) groups excluding carboxylic acids is 1. The molecule has 0 radical (unpaired) electrons. The lowest BCUT2D eigenvalue weighted by molar-refractivity contribution is -0.147. The van der Waals surface area contributed by atoms with Crippen LogP contribution >= 0.6 is 0 Å². The number of esters is 1. The van der Waals surface area contributed by atoms with Crippen molar-refractivity contribution in [1.29, 1.82) is 0 Å². The van der Waals surface area contributed by atoms with Gasteiger partial charge in [0.05, 0.1) is 33.5 Å². The van der Waals surface area contributed by atoms with Gasteiger partial charge in [0.15, 0.2) is 23.4 Å². The molecule has 0 saturated carbocycles. The van der Waals surface area contributed by atoms with Crippen LogP contribution in [0.3, 0.4) is 0 Å². The lowest BCUT2D eigenvalue weighted by atomic mass is 10.0. The van der Waals surface area contributed by atoms with Gasteiger partial charge >= 0.3 is 5.97 Å². The molecule has 0 amide bonds. The van der Waals surface area contributed by atoms with Crippen LogP contribution in [0.5, 0.6) is 17.2 Å². The van der Waals surface area contributed by atoms with Crippen LogP contribution in [-0.2, 0) is 16.1 Å². The fraction of sp³-hybridized carbons (Fsp3) is 0.320. The summed E-state index contributed by atoms with van der Waals surface area (Å²) in [5, 5.41) is 39.2. The molecule has 0 spiro atoms. The first-order chi connectivity index (χ1) is 18.6. The minimum absolute atomic E-state index is 0.169. The molecule has 1 aromatic heterocycles. The molecule has 1 aliphatic heterocycles. The van der Waals surface area contributed by atoms with E-state index in [2.05, 4.69) is 20.0 Å². The number of carbonyl (C=O) groups is 1. The highest BCUT2D eigenvalue weighted by Gasteiger charge is 2.38. The summed E-state index contributed by atoms with van der Waals surface area (Å²) in [6.07, 6.45) is -2.78. The van der Waals surface area contributed by atoms with Crippen molar-refractivity contribution in [3.05, 3.63) is 46.9 Å². The molecular formula is C25H31N5O9. The molecule has 2 aromatic carbocycles. The number of rotatable bonds is 8. The Morgan fingerprint density at radius 1 is 1.08 bits per heavy atom. The van der Waals surface area contributed by atoms with Crippen molar-refractivity contribution in [2.45, 2.75) is 25.7 Å². The molecule has 0 aliphatic carbocycles. The minimum Gasteiger partial charge on any atom is -0.505 e. The number of nitrogens with one attached hydrogen (secondary N) is 1. The first-order valence-corrected chi connectivity index (χ1v) is 11.5. The Kier molecular flexibility index (Phi) is 9.06. The van der Waals surface area contributed by atoms with Gasteiger partial charge in [0.25, 0.3) is 0 Å². The fourth-order valence-corrected chi connectivity index (χ4v) is 3.88. The molecule has 14 heteroatoms. The summed E-state index contributed by atoms with van der Waals surface area (Å²) in [6.45, 7) is 1.89. The predicted octanol–water partition coefficient (Wildman–Crippen LogP) is 1.33. The molecule has 0 unspecified atom stereocenters. The number of aromatic nitrogens is 2. The Bertz CT molecular complexity index is 1370. The Labute approximate surface area is 223 Å². The van der Waals surface area contributed by atoms with Crippen LogP contribution in [0.4, 0.5) is 17.5 Å². The lowest BCUT2D eigenvalue weighted by Crippen LogP contribution is -2.31. The Balaban J connectivity index is 0.000000293. The zero-order chi connectivity index (χ0) is 28.9. The van der Waals surface area contributed by atoms with Crippen molar-refractivity contribution < 1.29 is 44.2 Å². The molecule has 4 rings (SSSR count). The van der Waals surface area contributed by atoms with Gasteiger partial charge < -0.3 is 56.2 Å². The molecule has 14 nitrogen and oxygen atoms in total. The van der Waals surface area contributed by atoms with Gasteiger partial charge in [-0.05, 0) is 24.1 Å². The van der Waals surface area contributed by atoms with E-state index < -0.39 is 36.3 Å². The standard InChI is InChI=1S/C19H23N5O3.C6H8O6/c1-10-11(5-6-13-16(10)18(20)24-19(21)23-13)9-22-12-7-14(25-2)17(27-4)15(8-12)26-3;7-1-2(8)5-3(9)4(10)6(11)12-5/h5-8,22H,9H2,1-4H3,(H4,20,21,23,24);2,5,7-10H,1H2/t;2-,5+/m.0/s1. The van der Waals surface area contributed by atoms with Crippen LogP contribution in [0.2, 0.25) is 0 Å². The number of anilines is 3. The lowest BCUT2D eigenvalue weighted by Gasteiger charge is -2.16. The number of hydrogen-bond acceptors (Lipinski definition) is 14. The van der Waals surface area contributed by atoms with Gasteiger partial charge in [-0.1, -0.05) is 6.07 Å². The molecule has 2 atom stereocenters. The van der Waals surface area contributed by atoms with Crippen LogP contribution < -0.4 is 31.0 Å². The predicted molar refractivity (Wildman–Crippen MR) is 142 cm³/mol. The number of aliphatic hydroxyl groups excluding tert-OH is 4. The van der Waals surface area contributed by atoms with E-state index >= 15 is 0 Å². The summed E-state index contributed by atoms with van der Waals surface area (Å²) in [6, 6.07) is 7.60. The summed E-state index contributed by atoms with van der Waals surface area (Å²) in [5.41, 5.74) is 15.4. The highest BCUT2D eigenvalue weighted by Crippen LogP contribution is 2.40. The van der Waals surface area contributed by atoms with Crippen molar-refractivity contribution >= 4 is 34.3 Å². The topological polar surface area (TPSA) is 225 Å². The number of nitrogens with zero attached hydrogens (tertiary/aromatic N) is 2. The SMILES string of the molecule is COc1cc(NCc2ccc3nc(N)nc(N)c3c2C)cc(OC)c1OC.O=C1O[C@H]([C@@H](O)CO)C(O)=C1O. The van der Waals surface area contributed by atoms with Crippen LogP contribution in [0.1, 0.15) is 11.1 Å². The molecule has 9 N–H and O–H groups in total. The van der Waals surface area contributed by atoms with E-state index in [0.717, 1.165) is 27.7 Å². The first-order valence-electron chi connectivity index (χ1n) is 11.5. The van der Waals surface area contributed by atoms with Crippen LogP contribution in [0.25, 0.3) is 10.9 Å². The largest absolute Gasteiger partial charge is 0.505 e. The summed E-state index contributed by atoms with van der Waals surface area (Å²) >= 11 is 0. The summed E-state index contributed by atoms with van der Waals surface area (Å²) in [7, 11) is 4.75. The Morgan fingerprint density at radius 2 is 1.72 bits per heavy atom. The number of benzene rings is 2. The molecule has 1 aliphatic rings. The van der Waals surface area contributed by atoms with Crippen LogP contribution in [0.15, 0.2) is 35.8 Å². The Morgan fingerprint density at radius 3 is 2.23 bits per heavy atom. The molecular weight excluding hydrogens is 514 g/mol. The Hall–Kier alpha value is -4.69. The summed E-state index contributed by atoms with van der Waals surface area (Å²) < 4.78 is 20.4. The molecule has 0 saturated heterocycles. The maximum absolute atomic E-state index is 10.5. The summed E-state index contributed by atoms with van der Waals surface area (Å²) in [4.78, 5) is 18.8. The van der Waals surface area contributed by atoms with E-state index in [9.17, 15) is 4.79 Å². The van der Waals surface area contributed by atoms with Gasteiger partial charge in [0.2, 0.25) is 17.5 Å². The molecule has 0 bridgehead atoms. The molecule has 3 aromatic rings. The minimum atomic E-state index is -1.42. The smallest absolute Gasteiger partial charge is 0.377 e. The van der Waals surface area contributed by atoms with Gasteiger partial charge in [-0.25, -0.2) is 9.78 Å². The number of nitrogens with two attached hydrogens (primary N) is 2. The quantitative estimate of drug-likeness (QED) is 0.198. The van der Waals surface area contributed by atoms with Gasteiger partial charge in [0, 0.05) is 29.8 Å². The fourth-order valence-electron chi connectivity index (χ4n) is 3.88. The second-order valence-electron chi connectivity index (χ2n) is 8.29. The number of nitrogen functional groups attached to an aromatic ring is 2. The third kappa shape index (κ3) is 6.08. The van der Waals surface area contributed by atoms with Gasteiger partial charge in [-0.2, -0.15) is 4.98 Å².